The van der Waals surface area contributed by atoms with Crippen molar-refractivity contribution in [2.45, 2.75) is 6.42 Å². The average molecular weight is 311 g/mol. The zero-order valence-corrected chi connectivity index (χ0v) is 10.9. The molecule has 0 aliphatic heterocycles. The third-order valence-corrected chi connectivity index (χ3v) is 2.93. The Morgan fingerprint density at radius 2 is 1.72 bits per heavy atom. The van der Waals surface area contributed by atoms with E-state index in [-0.39, 0.29) is 12.2 Å². The van der Waals surface area contributed by atoms with Crippen molar-refractivity contribution in [2.24, 2.45) is 0 Å². The molecule has 0 spiro atoms. The van der Waals surface area contributed by atoms with E-state index in [1.807, 2.05) is 0 Å². The Morgan fingerprint density at radius 3 is 2.33 bits per heavy atom. The zero-order chi connectivity index (χ0) is 13.1. The lowest BCUT2D eigenvalue weighted by atomic mass is 10.0. The largest absolute Gasteiger partial charge is 0.294 e. The van der Waals surface area contributed by atoms with Crippen molar-refractivity contribution in [3.8, 4) is 0 Å². The van der Waals surface area contributed by atoms with Crippen LogP contribution in [0.5, 0.6) is 0 Å². The fourth-order valence-electron chi connectivity index (χ4n) is 1.66. The molecule has 2 aromatic rings. The Kier molecular flexibility index (Phi) is 3.87. The van der Waals surface area contributed by atoms with Gasteiger partial charge in [0.05, 0.1) is 0 Å². The molecule has 18 heavy (non-hydrogen) atoms. The molecule has 0 saturated carbocycles. The fourth-order valence-corrected chi connectivity index (χ4v) is 2.06. The molecule has 4 heteroatoms. The van der Waals surface area contributed by atoms with Crippen molar-refractivity contribution >= 4 is 21.7 Å². The van der Waals surface area contributed by atoms with Gasteiger partial charge < -0.3 is 0 Å². The standard InChI is InChI=1S/C14H9BrF2O/c15-11-3-1-2-10(7-11)14(18)6-9-4-12(16)8-13(17)5-9/h1-5,7-8H,6H2. The lowest BCUT2D eigenvalue weighted by molar-refractivity contribution is 0.0993. The topological polar surface area (TPSA) is 17.1 Å². The van der Waals surface area contributed by atoms with Crippen molar-refractivity contribution < 1.29 is 13.6 Å². The summed E-state index contributed by atoms with van der Waals surface area (Å²) in [5.74, 6) is -1.53. The van der Waals surface area contributed by atoms with Gasteiger partial charge in [-0.2, -0.15) is 0 Å². The molecular weight excluding hydrogens is 302 g/mol. The highest BCUT2D eigenvalue weighted by molar-refractivity contribution is 9.10. The normalized spacial score (nSPS) is 10.4. The molecule has 92 valence electrons. The monoisotopic (exact) mass is 310 g/mol. The van der Waals surface area contributed by atoms with Crippen LogP contribution in [0.4, 0.5) is 8.78 Å². The van der Waals surface area contributed by atoms with E-state index in [9.17, 15) is 13.6 Å². The Balaban J connectivity index is 2.21. The summed E-state index contributed by atoms with van der Waals surface area (Å²) < 4.78 is 26.8. The number of ketones is 1. The maximum absolute atomic E-state index is 13.0. The van der Waals surface area contributed by atoms with E-state index in [0.717, 1.165) is 10.5 Å². The molecule has 0 fully saturated rings. The van der Waals surface area contributed by atoms with E-state index >= 15 is 0 Å². The number of hydrogen-bond donors (Lipinski definition) is 0. The highest BCUT2D eigenvalue weighted by atomic mass is 79.9. The Bertz CT molecular complexity index is 576. The Morgan fingerprint density at radius 1 is 1.06 bits per heavy atom. The van der Waals surface area contributed by atoms with E-state index in [1.54, 1.807) is 24.3 Å². The summed E-state index contributed by atoms with van der Waals surface area (Å²) >= 11 is 3.27. The minimum atomic E-state index is -0.674. The van der Waals surface area contributed by atoms with E-state index in [4.69, 9.17) is 0 Å². The second kappa shape index (κ2) is 5.40. The molecule has 0 amide bonds. The highest BCUT2D eigenvalue weighted by Crippen LogP contribution is 2.15. The van der Waals surface area contributed by atoms with Gasteiger partial charge in [-0.15, -0.1) is 0 Å². The molecule has 0 aromatic heterocycles. The molecule has 0 N–H and O–H groups in total. The van der Waals surface area contributed by atoms with Crippen LogP contribution in [0.2, 0.25) is 0 Å². The van der Waals surface area contributed by atoms with Gasteiger partial charge in [0, 0.05) is 22.5 Å². The summed E-state index contributed by atoms with van der Waals surface area (Å²) in [6.07, 6.45) is -0.0227. The smallest absolute Gasteiger partial charge is 0.167 e. The second-order valence-electron chi connectivity index (χ2n) is 3.89. The first-order valence-electron chi connectivity index (χ1n) is 5.28. The predicted octanol–water partition coefficient (Wildman–Crippen LogP) is 4.15. The molecule has 0 bridgehead atoms. The maximum Gasteiger partial charge on any atom is 0.167 e. The number of benzene rings is 2. The number of halogens is 3. The lowest BCUT2D eigenvalue weighted by Crippen LogP contribution is -2.04. The van der Waals surface area contributed by atoms with Crippen LogP contribution in [-0.4, -0.2) is 5.78 Å². The van der Waals surface area contributed by atoms with Crippen molar-refractivity contribution in [1.82, 2.24) is 0 Å². The van der Waals surface area contributed by atoms with Crippen molar-refractivity contribution in [3.63, 3.8) is 0 Å². The number of carbonyl (C=O) groups is 1. The molecule has 1 nitrogen and oxygen atoms in total. The van der Waals surface area contributed by atoms with E-state index < -0.39 is 11.6 Å². The van der Waals surface area contributed by atoms with Gasteiger partial charge in [-0.3, -0.25) is 4.79 Å². The van der Waals surface area contributed by atoms with Gasteiger partial charge in [-0.1, -0.05) is 28.1 Å². The summed E-state index contributed by atoms with van der Waals surface area (Å²) in [5, 5.41) is 0. The average Bonchev–Trinajstić information content (AvgIpc) is 2.27. The van der Waals surface area contributed by atoms with E-state index in [1.165, 1.54) is 12.1 Å². The van der Waals surface area contributed by atoms with Crippen LogP contribution in [0.15, 0.2) is 46.9 Å². The molecule has 0 saturated heterocycles. The first-order chi connectivity index (χ1) is 8.54. The molecule has 0 heterocycles. The van der Waals surface area contributed by atoms with E-state index in [2.05, 4.69) is 15.9 Å². The first-order valence-corrected chi connectivity index (χ1v) is 6.07. The van der Waals surface area contributed by atoms with Crippen molar-refractivity contribution in [2.75, 3.05) is 0 Å². The van der Waals surface area contributed by atoms with Gasteiger partial charge in [-0.25, -0.2) is 8.78 Å². The minimum Gasteiger partial charge on any atom is -0.294 e. The molecule has 2 aromatic carbocycles. The number of carbonyl (C=O) groups excluding carboxylic acids is 1. The molecule has 0 aliphatic carbocycles. The van der Waals surface area contributed by atoms with Crippen LogP contribution in [0.1, 0.15) is 15.9 Å². The molecule has 2 rings (SSSR count). The molecule has 0 atom stereocenters. The zero-order valence-electron chi connectivity index (χ0n) is 9.29. The van der Waals surface area contributed by atoms with Gasteiger partial charge in [-0.05, 0) is 29.8 Å². The Hall–Kier alpha value is -1.55. The van der Waals surface area contributed by atoms with E-state index in [0.29, 0.717) is 11.1 Å². The van der Waals surface area contributed by atoms with Gasteiger partial charge in [0.2, 0.25) is 0 Å². The van der Waals surface area contributed by atoms with Crippen LogP contribution in [0.3, 0.4) is 0 Å². The number of Topliss-reactive ketones (excluding diaryl/α,β-unsaturated/α-hetero) is 1. The summed E-state index contributed by atoms with van der Waals surface area (Å²) in [6.45, 7) is 0. The van der Waals surface area contributed by atoms with Crippen LogP contribution in [0, 0.1) is 11.6 Å². The van der Waals surface area contributed by atoms with Crippen molar-refractivity contribution in [1.29, 1.82) is 0 Å². The second-order valence-corrected chi connectivity index (χ2v) is 4.80. The Labute approximate surface area is 112 Å². The van der Waals surface area contributed by atoms with Crippen LogP contribution in [-0.2, 0) is 6.42 Å². The van der Waals surface area contributed by atoms with Crippen LogP contribution in [0.25, 0.3) is 0 Å². The third kappa shape index (κ3) is 3.23. The van der Waals surface area contributed by atoms with Crippen molar-refractivity contribution in [3.05, 3.63) is 69.7 Å². The molecule has 0 radical (unpaired) electrons. The number of rotatable bonds is 3. The summed E-state index contributed by atoms with van der Waals surface area (Å²) in [7, 11) is 0. The molecule has 0 unspecified atom stereocenters. The highest BCUT2D eigenvalue weighted by Gasteiger charge is 2.09. The third-order valence-electron chi connectivity index (χ3n) is 2.43. The van der Waals surface area contributed by atoms with Crippen LogP contribution >= 0.6 is 15.9 Å². The number of hydrogen-bond acceptors (Lipinski definition) is 1. The summed E-state index contributed by atoms with van der Waals surface area (Å²) in [5.41, 5.74) is 0.839. The summed E-state index contributed by atoms with van der Waals surface area (Å²) in [4.78, 5) is 11.9. The quantitative estimate of drug-likeness (QED) is 0.778. The lowest BCUT2D eigenvalue weighted by Gasteiger charge is -2.03. The first kappa shape index (κ1) is 12.9. The summed E-state index contributed by atoms with van der Waals surface area (Å²) in [6, 6.07) is 10.0. The minimum absolute atomic E-state index is 0.0227. The molecule has 0 aliphatic rings. The van der Waals surface area contributed by atoms with Crippen LogP contribution < -0.4 is 0 Å². The predicted molar refractivity (Wildman–Crippen MR) is 68.5 cm³/mol. The van der Waals surface area contributed by atoms with Gasteiger partial charge in [0.25, 0.3) is 0 Å². The van der Waals surface area contributed by atoms with Gasteiger partial charge in [0.15, 0.2) is 5.78 Å². The fraction of sp³-hybridized carbons (Fsp3) is 0.0714. The van der Waals surface area contributed by atoms with Gasteiger partial charge >= 0.3 is 0 Å². The molecular formula is C14H9BrF2O. The SMILES string of the molecule is O=C(Cc1cc(F)cc(F)c1)c1cccc(Br)c1. The maximum atomic E-state index is 13.0. The van der Waals surface area contributed by atoms with Gasteiger partial charge in [0.1, 0.15) is 11.6 Å².